The molecule has 0 aliphatic rings. The quantitative estimate of drug-likeness (QED) is 0.517. The van der Waals surface area contributed by atoms with Crippen LogP contribution in [0.1, 0.15) is 5.56 Å². The largest absolute Gasteiger partial charge is 0.380 e. The Labute approximate surface area is 64.9 Å². The number of amides is 1. The van der Waals surface area contributed by atoms with E-state index in [2.05, 4.69) is 5.48 Å². The van der Waals surface area contributed by atoms with Gasteiger partial charge in [-0.3, -0.25) is 4.79 Å². The Kier molecular flexibility index (Phi) is 2.49. The van der Waals surface area contributed by atoms with Gasteiger partial charge >= 0.3 is 0 Å². The molecule has 1 N–H and O–H groups in total. The molecule has 0 spiro atoms. The highest BCUT2D eigenvalue weighted by molar-refractivity contribution is 5.44. The summed E-state index contributed by atoms with van der Waals surface area (Å²) in [7, 11) is 0. The van der Waals surface area contributed by atoms with Gasteiger partial charge in [-0.25, -0.2) is 0 Å². The van der Waals surface area contributed by atoms with E-state index < -0.39 is 0 Å². The van der Waals surface area contributed by atoms with Crippen LogP contribution in [-0.4, -0.2) is 6.41 Å². The molecule has 0 fully saturated rings. The molecule has 0 aliphatic heterocycles. The van der Waals surface area contributed by atoms with Crippen LogP contribution in [-0.2, 0) is 4.79 Å². The third kappa shape index (κ3) is 2.29. The molecule has 1 rings (SSSR count). The second-order valence-electron chi connectivity index (χ2n) is 2.15. The summed E-state index contributed by atoms with van der Waals surface area (Å²) in [5.41, 5.74) is 3.26. The normalized spacial score (nSPS) is 8.82. The second kappa shape index (κ2) is 3.61. The molecule has 0 aromatic heterocycles. The molecule has 58 valence electrons. The zero-order chi connectivity index (χ0) is 8.10. The SMILES string of the molecule is Cc1ccc(ONC=O)cc1. The van der Waals surface area contributed by atoms with Crippen LogP contribution in [0.2, 0.25) is 0 Å². The monoisotopic (exact) mass is 151 g/mol. The standard InChI is InChI=1S/C8H9NO2/c1-7-2-4-8(5-3-7)11-9-6-10/h2-6H,1H3,(H,9,10). The number of carbonyl (C=O) groups excluding carboxylic acids is 1. The first-order valence-corrected chi connectivity index (χ1v) is 3.25. The van der Waals surface area contributed by atoms with E-state index in [0.717, 1.165) is 5.56 Å². The molecular weight excluding hydrogens is 142 g/mol. The summed E-state index contributed by atoms with van der Waals surface area (Å²) in [6.07, 6.45) is 0.486. The van der Waals surface area contributed by atoms with E-state index >= 15 is 0 Å². The number of hydrogen-bond donors (Lipinski definition) is 1. The molecule has 1 aromatic rings. The van der Waals surface area contributed by atoms with Crippen molar-refractivity contribution >= 4 is 6.41 Å². The lowest BCUT2D eigenvalue weighted by Crippen LogP contribution is -2.15. The Morgan fingerprint density at radius 2 is 2.00 bits per heavy atom. The molecule has 0 saturated carbocycles. The summed E-state index contributed by atoms with van der Waals surface area (Å²) >= 11 is 0. The summed E-state index contributed by atoms with van der Waals surface area (Å²) in [5.74, 6) is 0.628. The highest BCUT2D eigenvalue weighted by atomic mass is 16.6. The number of rotatable bonds is 3. The number of benzene rings is 1. The first-order chi connectivity index (χ1) is 5.33. The summed E-state index contributed by atoms with van der Waals surface area (Å²) in [6.45, 7) is 1.98. The molecule has 11 heavy (non-hydrogen) atoms. The van der Waals surface area contributed by atoms with Crippen LogP contribution in [0.15, 0.2) is 24.3 Å². The minimum Gasteiger partial charge on any atom is -0.380 e. The van der Waals surface area contributed by atoms with Crippen LogP contribution in [0.25, 0.3) is 0 Å². The Morgan fingerprint density at radius 3 is 2.55 bits per heavy atom. The van der Waals surface area contributed by atoms with Crippen LogP contribution >= 0.6 is 0 Å². The molecule has 3 heteroatoms. The molecule has 3 nitrogen and oxygen atoms in total. The van der Waals surface area contributed by atoms with Crippen LogP contribution in [0.4, 0.5) is 0 Å². The molecule has 0 aliphatic carbocycles. The zero-order valence-electron chi connectivity index (χ0n) is 6.20. The van der Waals surface area contributed by atoms with E-state index in [0.29, 0.717) is 12.2 Å². The maximum atomic E-state index is 9.81. The van der Waals surface area contributed by atoms with Crippen molar-refractivity contribution in [2.45, 2.75) is 6.92 Å². The van der Waals surface area contributed by atoms with Gasteiger partial charge in [0.25, 0.3) is 0 Å². The molecule has 1 amide bonds. The van der Waals surface area contributed by atoms with Crippen LogP contribution < -0.4 is 10.3 Å². The van der Waals surface area contributed by atoms with E-state index in [1.165, 1.54) is 0 Å². The molecule has 0 saturated heterocycles. The van der Waals surface area contributed by atoms with Gasteiger partial charge in [0.15, 0.2) is 5.75 Å². The molecule has 0 unspecified atom stereocenters. The number of carbonyl (C=O) groups is 1. The van der Waals surface area contributed by atoms with Crippen molar-refractivity contribution < 1.29 is 9.63 Å². The number of hydroxylamine groups is 1. The minimum atomic E-state index is 0.486. The van der Waals surface area contributed by atoms with E-state index in [1.807, 2.05) is 19.1 Å². The van der Waals surface area contributed by atoms with Gasteiger partial charge in [0.05, 0.1) is 0 Å². The Hall–Kier alpha value is -1.51. The smallest absolute Gasteiger partial charge is 0.239 e. The van der Waals surface area contributed by atoms with Gasteiger partial charge in [-0.15, -0.1) is 0 Å². The van der Waals surface area contributed by atoms with Gasteiger partial charge in [-0.2, -0.15) is 5.48 Å². The van der Waals surface area contributed by atoms with Crippen molar-refractivity contribution in [1.29, 1.82) is 0 Å². The van der Waals surface area contributed by atoms with Crippen LogP contribution in [0.3, 0.4) is 0 Å². The fraction of sp³-hybridized carbons (Fsp3) is 0.125. The molecule has 1 aromatic carbocycles. The number of nitrogens with one attached hydrogen (secondary N) is 1. The predicted octanol–water partition coefficient (Wildman–Crippen LogP) is 1.03. The van der Waals surface area contributed by atoms with Crippen molar-refractivity contribution in [3.05, 3.63) is 29.8 Å². The summed E-state index contributed by atoms with van der Waals surface area (Å²) < 4.78 is 0. The lowest BCUT2D eigenvalue weighted by Gasteiger charge is -2.00. The van der Waals surface area contributed by atoms with E-state index in [1.54, 1.807) is 12.1 Å². The van der Waals surface area contributed by atoms with Gasteiger partial charge in [0.1, 0.15) is 0 Å². The first kappa shape index (κ1) is 7.60. The van der Waals surface area contributed by atoms with Crippen molar-refractivity contribution in [3.8, 4) is 5.75 Å². The summed E-state index contributed by atoms with van der Waals surface area (Å²) in [5, 5.41) is 0. The van der Waals surface area contributed by atoms with Crippen molar-refractivity contribution in [2.75, 3.05) is 0 Å². The van der Waals surface area contributed by atoms with Gasteiger partial charge in [0.2, 0.25) is 6.41 Å². The highest BCUT2D eigenvalue weighted by Gasteiger charge is 1.89. The van der Waals surface area contributed by atoms with Crippen molar-refractivity contribution in [1.82, 2.24) is 5.48 Å². The molecular formula is C8H9NO2. The Morgan fingerprint density at radius 1 is 1.36 bits per heavy atom. The third-order valence-electron chi connectivity index (χ3n) is 1.25. The number of hydrogen-bond acceptors (Lipinski definition) is 2. The molecule has 0 atom stereocenters. The second-order valence-corrected chi connectivity index (χ2v) is 2.15. The fourth-order valence-corrected chi connectivity index (χ4v) is 0.698. The van der Waals surface area contributed by atoms with E-state index in [9.17, 15) is 4.79 Å². The predicted molar refractivity (Wildman–Crippen MR) is 41.0 cm³/mol. The average molecular weight is 151 g/mol. The van der Waals surface area contributed by atoms with Gasteiger partial charge in [-0.1, -0.05) is 17.7 Å². The minimum absolute atomic E-state index is 0.486. The van der Waals surface area contributed by atoms with Crippen molar-refractivity contribution in [3.63, 3.8) is 0 Å². The van der Waals surface area contributed by atoms with E-state index in [-0.39, 0.29) is 0 Å². The Balaban J connectivity index is 2.58. The average Bonchev–Trinajstić information content (AvgIpc) is 2.04. The van der Waals surface area contributed by atoms with Crippen LogP contribution in [0.5, 0.6) is 5.75 Å². The molecule has 0 heterocycles. The first-order valence-electron chi connectivity index (χ1n) is 3.25. The lowest BCUT2D eigenvalue weighted by molar-refractivity contribution is -0.115. The lowest BCUT2D eigenvalue weighted by atomic mass is 10.2. The van der Waals surface area contributed by atoms with Crippen LogP contribution in [0, 0.1) is 6.92 Å². The van der Waals surface area contributed by atoms with Gasteiger partial charge < -0.3 is 4.84 Å². The fourth-order valence-electron chi connectivity index (χ4n) is 0.698. The van der Waals surface area contributed by atoms with Gasteiger partial charge in [0, 0.05) is 0 Å². The molecule has 0 radical (unpaired) electrons. The van der Waals surface area contributed by atoms with E-state index in [4.69, 9.17) is 4.84 Å². The maximum absolute atomic E-state index is 9.81. The Bertz CT molecular complexity index is 230. The zero-order valence-corrected chi connectivity index (χ0v) is 6.20. The molecule has 0 bridgehead atoms. The number of aryl methyl sites for hydroxylation is 1. The topological polar surface area (TPSA) is 38.3 Å². The van der Waals surface area contributed by atoms with Gasteiger partial charge in [-0.05, 0) is 19.1 Å². The third-order valence-corrected chi connectivity index (χ3v) is 1.25. The summed E-state index contributed by atoms with van der Waals surface area (Å²) in [4.78, 5) is 14.6. The summed E-state index contributed by atoms with van der Waals surface area (Å²) in [6, 6.07) is 7.38. The van der Waals surface area contributed by atoms with Crippen molar-refractivity contribution in [2.24, 2.45) is 0 Å². The highest BCUT2D eigenvalue weighted by Crippen LogP contribution is 2.09. The maximum Gasteiger partial charge on any atom is 0.239 e.